The number of aliphatic hydroxyl groups is 1. The molecule has 4 nitrogen and oxygen atoms in total. The molecule has 1 aromatic carbocycles. The highest BCUT2D eigenvalue weighted by molar-refractivity contribution is 6.31. The van der Waals surface area contributed by atoms with E-state index in [0.29, 0.717) is 28.3 Å². The summed E-state index contributed by atoms with van der Waals surface area (Å²) in [7, 11) is 0. The lowest BCUT2D eigenvalue weighted by Gasteiger charge is -2.44. The lowest BCUT2D eigenvalue weighted by molar-refractivity contribution is -0.160. The highest BCUT2D eigenvalue weighted by atomic mass is 35.5. The van der Waals surface area contributed by atoms with Crippen molar-refractivity contribution in [1.82, 2.24) is 0 Å². The van der Waals surface area contributed by atoms with Gasteiger partial charge in [-0.15, -0.1) is 0 Å². The largest absolute Gasteiger partial charge is 0.478 e. The first-order chi connectivity index (χ1) is 13.2. The summed E-state index contributed by atoms with van der Waals surface area (Å²) in [5.74, 6) is 1.45. The van der Waals surface area contributed by atoms with Crippen molar-refractivity contribution in [2.75, 3.05) is 0 Å². The maximum absolute atomic E-state index is 11.2. The van der Waals surface area contributed by atoms with Gasteiger partial charge in [0.25, 0.3) is 0 Å². The number of unbranched alkanes of at least 4 members (excludes halogenated alkanes) is 1. The third-order valence-corrected chi connectivity index (χ3v) is 6.90. The Morgan fingerprint density at radius 1 is 1.29 bits per heavy atom. The summed E-state index contributed by atoms with van der Waals surface area (Å²) in [5, 5.41) is 20.2. The standard InChI is InChI=1S/C23H35ClO4/c1-5-6-7-20-14(2)8-9-21(15(20)3)16(4)23(27)28-13-17-10-18(22(25)26)12-19(24)11-17/h10-12,14-16,20-21,23,27H,5-9,13H2,1-4H3,(H,25,26)/t14-,15?,16?,20?,21?,23?/m1/s1. The van der Waals surface area contributed by atoms with Gasteiger partial charge in [-0.25, -0.2) is 4.79 Å². The van der Waals surface area contributed by atoms with Gasteiger partial charge in [0.1, 0.15) is 0 Å². The molecule has 5 unspecified atom stereocenters. The lowest BCUT2D eigenvalue weighted by Crippen LogP contribution is -2.39. The van der Waals surface area contributed by atoms with Crippen LogP contribution in [0.2, 0.25) is 5.02 Å². The zero-order valence-corrected chi connectivity index (χ0v) is 18.3. The van der Waals surface area contributed by atoms with E-state index in [0.717, 1.165) is 12.3 Å². The van der Waals surface area contributed by atoms with Crippen LogP contribution in [0, 0.1) is 29.6 Å². The van der Waals surface area contributed by atoms with Crippen molar-refractivity contribution in [3.8, 4) is 0 Å². The number of rotatable bonds is 9. The van der Waals surface area contributed by atoms with Crippen LogP contribution >= 0.6 is 11.6 Å². The van der Waals surface area contributed by atoms with Crippen molar-refractivity contribution in [2.45, 2.75) is 72.7 Å². The first-order valence-corrected chi connectivity index (χ1v) is 10.9. The predicted molar refractivity (Wildman–Crippen MR) is 112 cm³/mol. The SMILES string of the molecule is CCCCC1C(C)C(C(C)C(O)OCc2cc(Cl)cc(C(=O)O)c2)CC[C@H]1C. The second-order valence-electron chi connectivity index (χ2n) is 8.60. The second kappa shape index (κ2) is 10.6. The number of carbonyl (C=O) groups is 1. The molecule has 0 amide bonds. The van der Waals surface area contributed by atoms with E-state index >= 15 is 0 Å². The summed E-state index contributed by atoms with van der Waals surface area (Å²) in [6.07, 6.45) is 5.20. The van der Waals surface area contributed by atoms with Crippen molar-refractivity contribution in [3.05, 3.63) is 34.3 Å². The second-order valence-corrected chi connectivity index (χ2v) is 9.03. The Morgan fingerprint density at radius 2 is 2.00 bits per heavy atom. The summed E-state index contributed by atoms with van der Waals surface area (Å²) in [4.78, 5) is 11.2. The third kappa shape index (κ3) is 5.95. The van der Waals surface area contributed by atoms with Crippen LogP contribution in [0.25, 0.3) is 0 Å². The fourth-order valence-electron chi connectivity index (χ4n) is 4.90. The number of carboxylic acids is 1. The summed E-state index contributed by atoms with van der Waals surface area (Å²) in [6.45, 7) is 9.15. The lowest BCUT2D eigenvalue weighted by atomic mass is 9.63. The fourth-order valence-corrected chi connectivity index (χ4v) is 5.16. The van der Waals surface area contributed by atoms with Crippen LogP contribution in [-0.4, -0.2) is 22.5 Å². The number of aliphatic hydroxyl groups excluding tert-OH is 1. The van der Waals surface area contributed by atoms with Crippen LogP contribution < -0.4 is 0 Å². The molecule has 2 N–H and O–H groups in total. The molecule has 1 saturated carbocycles. The van der Waals surface area contributed by atoms with E-state index in [2.05, 4.69) is 27.7 Å². The van der Waals surface area contributed by atoms with Gasteiger partial charge in [0.05, 0.1) is 12.2 Å². The number of hydrogen-bond acceptors (Lipinski definition) is 3. The van der Waals surface area contributed by atoms with Crippen LogP contribution in [0.4, 0.5) is 0 Å². The Kier molecular flexibility index (Phi) is 8.79. The van der Waals surface area contributed by atoms with E-state index in [1.165, 1.54) is 37.8 Å². The molecule has 1 aromatic rings. The van der Waals surface area contributed by atoms with E-state index in [9.17, 15) is 9.90 Å². The summed E-state index contributed by atoms with van der Waals surface area (Å²) in [5.41, 5.74) is 0.782. The highest BCUT2D eigenvalue weighted by Gasteiger charge is 2.38. The molecular formula is C23H35ClO4. The molecule has 0 bridgehead atoms. The smallest absolute Gasteiger partial charge is 0.335 e. The van der Waals surface area contributed by atoms with Crippen molar-refractivity contribution >= 4 is 17.6 Å². The number of benzene rings is 1. The van der Waals surface area contributed by atoms with Crippen molar-refractivity contribution < 1.29 is 19.7 Å². The number of hydrogen-bond donors (Lipinski definition) is 2. The molecule has 1 aliphatic rings. The molecule has 2 rings (SSSR count). The summed E-state index contributed by atoms with van der Waals surface area (Å²) in [6, 6.07) is 4.63. The monoisotopic (exact) mass is 410 g/mol. The molecule has 28 heavy (non-hydrogen) atoms. The van der Waals surface area contributed by atoms with E-state index in [1.807, 2.05) is 0 Å². The Balaban J connectivity index is 1.98. The topological polar surface area (TPSA) is 66.8 Å². The van der Waals surface area contributed by atoms with Gasteiger partial charge in [-0.05, 0) is 60.3 Å². The predicted octanol–water partition coefficient (Wildman–Crippen LogP) is 6.00. The average molecular weight is 411 g/mol. The minimum Gasteiger partial charge on any atom is -0.478 e. The molecule has 0 aliphatic heterocycles. The van der Waals surface area contributed by atoms with Gasteiger partial charge in [-0.3, -0.25) is 0 Å². The first kappa shape index (κ1) is 23.2. The van der Waals surface area contributed by atoms with Gasteiger partial charge in [-0.2, -0.15) is 0 Å². The van der Waals surface area contributed by atoms with Gasteiger partial charge in [0, 0.05) is 10.9 Å². The summed E-state index contributed by atoms with van der Waals surface area (Å²) < 4.78 is 5.73. The molecule has 0 saturated heterocycles. The quantitative estimate of drug-likeness (QED) is 0.490. The third-order valence-electron chi connectivity index (χ3n) is 6.68. The molecule has 5 heteroatoms. The number of aromatic carboxylic acids is 1. The highest BCUT2D eigenvalue weighted by Crippen LogP contribution is 2.45. The number of carboxylic acid groups (broad SMARTS) is 1. The Bertz CT molecular complexity index is 647. The number of ether oxygens (including phenoxy) is 1. The molecular weight excluding hydrogens is 376 g/mol. The molecule has 0 spiro atoms. The Hall–Kier alpha value is -1.10. The van der Waals surface area contributed by atoms with E-state index in [1.54, 1.807) is 6.07 Å². The molecule has 0 aromatic heterocycles. The molecule has 1 aliphatic carbocycles. The maximum atomic E-state index is 11.2. The van der Waals surface area contributed by atoms with Crippen molar-refractivity contribution in [1.29, 1.82) is 0 Å². The van der Waals surface area contributed by atoms with Crippen LogP contribution in [-0.2, 0) is 11.3 Å². The van der Waals surface area contributed by atoms with Crippen LogP contribution in [0.1, 0.15) is 75.7 Å². The minimum absolute atomic E-state index is 0.0322. The van der Waals surface area contributed by atoms with Crippen LogP contribution in [0.3, 0.4) is 0 Å². The van der Waals surface area contributed by atoms with Crippen molar-refractivity contribution in [2.24, 2.45) is 29.6 Å². The molecule has 0 heterocycles. The number of halogens is 1. The zero-order chi connectivity index (χ0) is 20.8. The van der Waals surface area contributed by atoms with Gasteiger partial charge < -0.3 is 14.9 Å². The Labute approximate surface area is 174 Å². The minimum atomic E-state index is -1.03. The Morgan fingerprint density at radius 3 is 2.64 bits per heavy atom. The first-order valence-electron chi connectivity index (χ1n) is 10.6. The average Bonchev–Trinajstić information content (AvgIpc) is 2.65. The van der Waals surface area contributed by atoms with Crippen molar-refractivity contribution in [3.63, 3.8) is 0 Å². The van der Waals surface area contributed by atoms with Gasteiger partial charge in [0.15, 0.2) is 6.29 Å². The van der Waals surface area contributed by atoms with Crippen LogP contribution in [0.5, 0.6) is 0 Å². The molecule has 1 fully saturated rings. The van der Waals surface area contributed by atoms with Gasteiger partial charge >= 0.3 is 5.97 Å². The van der Waals surface area contributed by atoms with E-state index in [-0.39, 0.29) is 18.1 Å². The van der Waals surface area contributed by atoms with E-state index in [4.69, 9.17) is 21.4 Å². The molecule has 0 radical (unpaired) electrons. The van der Waals surface area contributed by atoms with E-state index < -0.39 is 12.3 Å². The molecule has 158 valence electrons. The van der Waals surface area contributed by atoms with Gasteiger partial charge in [-0.1, -0.05) is 58.6 Å². The fraction of sp³-hybridized carbons (Fsp3) is 0.696. The molecule has 6 atom stereocenters. The normalized spacial score (nSPS) is 27.4. The summed E-state index contributed by atoms with van der Waals surface area (Å²) >= 11 is 6.00. The van der Waals surface area contributed by atoms with Crippen LogP contribution in [0.15, 0.2) is 18.2 Å². The zero-order valence-electron chi connectivity index (χ0n) is 17.5. The maximum Gasteiger partial charge on any atom is 0.335 e. The van der Waals surface area contributed by atoms with Gasteiger partial charge in [0.2, 0.25) is 0 Å².